The van der Waals surface area contributed by atoms with E-state index in [1.165, 1.54) is 12.3 Å². The summed E-state index contributed by atoms with van der Waals surface area (Å²) in [6, 6.07) is 3.05. The molecule has 17 heavy (non-hydrogen) atoms. The Balaban J connectivity index is 2.16. The van der Waals surface area contributed by atoms with Gasteiger partial charge in [0.1, 0.15) is 10.0 Å². The lowest BCUT2D eigenvalue weighted by atomic mass is 10.2. The lowest BCUT2D eigenvalue weighted by Crippen LogP contribution is -2.37. The molecule has 1 N–H and O–H groups in total. The van der Waals surface area contributed by atoms with Crippen molar-refractivity contribution in [2.75, 3.05) is 11.5 Å². The zero-order valence-corrected chi connectivity index (χ0v) is 11.5. The molecule has 0 unspecified atom stereocenters. The van der Waals surface area contributed by atoms with E-state index in [9.17, 15) is 8.42 Å². The van der Waals surface area contributed by atoms with Gasteiger partial charge in [-0.1, -0.05) is 11.6 Å². The summed E-state index contributed by atoms with van der Waals surface area (Å²) in [7, 11) is -3.54. The number of pyridine rings is 1. The standard InChI is InChI=1S/C10H13ClN2O2S2/c11-10-9(2-1-5-12-10)17(14,15)13-8-3-6-16-7-4-8/h1-2,5,8,13H,3-4,6-7H2. The second kappa shape index (κ2) is 5.56. The molecule has 0 atom stereocenters. The van der Waals surface area contributed by atoms with Gasteiger partial charge >= 0.3 is 0 Å². The van der Waals surface area contributed by atoms with Gasteiger partial charge in [0, 0.05) is 12.2 Å². The number of hydrogen-bond acceptors (Lipinski definition) is 4. The van der Waals surface area contributed by atoms with Crippen LogP contribution in [-0.4, -0.2) is 30.9 Å². The molecule has 1 aromatic rings. The van der Waals surface area contributed by atoms with Crippen molar-refractivity contribution in [3.8, 4) is 0 Å². The summed E-state index contributed by atoms with van der Waals surface area (Å²) in [6.07, 6.45) is 3.20. The van der Waals surface area contributed by atoms with Crippen molar-refractivity contribution in [1.29, 1.82) is 0 Å². The Bertz CT molecular complexity index is 487. The Kier molecular flexibility index (Phi) is 4.30. The Hall–Kier alpha value is -0.300. The minimum Gasteiger partial charge on any atom is -0.243 e. The van der Waals surface area contributed by atoms with Crippen LogP contribution in [0.4, 0.5) is 0 Å². The third-order valence-corrected chi connectivity index (χ3v) is 5.57. The van der Waals surface area contributed by atoms with Crippen molar-refractivity contribution in [2.24, 2.45) is 0 Å². The number of nitrogens with zero attached hydrogens (tertiary/aromatic N) is 1. The van der Waals surface area contributed by atoms with Crippen molar-refractivity contribution >= 4 is 33.4 Å². The van der Waals surface area contributed by atoms with Crippen molar-refractivity contribution in [2.45, 2.75) is 23.8 Å². The smallest absolute Gasteiger partial charge is 0.243 e. The van der Waals surface area contributed by atoms with Crippen molar-refractivity contribution in [3.63, 3.8) is 0 Å². The maximum Gasteiger partial charge on any atom is 0.243 e. The van der Waals surface area contributed by atoms with Crippen LogP contribution in [0.5, 0.6) is 0 Å². The Morgan fingerprint density at radius 1 is 1.41 bits per heavy atom. The normalized spacial score (nSPS) is 18.2. The fourth-order valence-electron chi connectivity index (χ4n) is 1.67. The lowest BCUT2D eigenvalue weighted by Gasteiger charge is -2.22. The highest BCUT2D eigenvalue weighted by molar-refractivity contribution is 7.99. The van der Waals surface area contributed by atoms with Gasteiger partial charge in [-0.25, -0.2) is 18.1 Å². The molecular weight excluding hydrogens is 280 g/mol. The molecule has 7 heteroatoms. The summed E-state index contributed by atoms with van der Waals surface area (Å²) in [6.45, 7) is 0. The first-order valence-electron chi connectivity index (χ1n) is 5.30. The number of halogens is 1. The van der Waals surface area contributed by atoms with Crippen LogP contribution >= 0.6 is 23.4 Å². The van der Waals surface area contributed by atoms with Gasteiger partial charge in [-0.3, -0.25) is 0 Å². The Morgan fingerprint density at radius 2 is 2.12 bits per heavy atom. The quantitative estimate of drug-likeness (QED) is 0.865. The zero-order chi connectivity index (χ0) is 12.3. The molecule has 1 aliphatic rings. The van der Waals surface area contributed by atoms with E-state index in [1.54, 1.807) is 6.07 Å². The summed E-state index contributed by atoms with van der Waals surface area (Å²) in [4.78, 5) is 3.84. The number of rotatable bonds is 3. The summed E-state index contributed by atoms with van der Waals surface area (Å²) >= 11 is 7.64. The summed E-state index contributed by atoms with van der Waals surface area (Å²) in [5.74, 6) is 1.99. The van der Waals surface area contributed by atoms with E-state index in [-0.39, 0.29) is 16.1 Å². The Morgan fingerprint density at radius 3 is 2.76 bits per heavy atom. The maximum atomic E-state index is 12.1. The van der Waals surface area contributed by atoms with E-state index in [2.05, 4.69) is 9.71 Å². The number of nitrogens with one attached hydrogen (secondary N) is 1. The molecule has 0 aliphatic carbocycles. The van der Waals surface area contributed by atoms with Gasteiger partial charge in [0.25, 0.3) is 0 Å². The van der Waals surface area contributed by atoms with Gasteiger partial charge in [0.05, 0.1) is 0 Å². The van der Waals surface area contributed by atoms with Crippen LogP contribution in [0.15, 0.2) is 23.2 Å². The monoisotopic (exact) mass is 292 g/mol. The molecule has 2 rings (SSSR count). The van der Waals surface area contributed by atoms with Crippen molar-refractivity contribution in [1.82, 2.24) is 9.71 Å². The van der Waals surface area contributed by atoms with E-state index in [0.29, 0.717) is 0 Å². The topological polar surface area (TPSA) is 59.1 Å². The third kappa shape index (κ3) is 3.34. The van der Waals surface area contributed by atoms with Gasteiger partial charge in [0.2, 0.25) is 10.0 Å². The van der Waals surface area contributed by atoms with Crippen LogP contribution in [-0.2, 0) is 10.0 Å². The predicted molar refractivity (Wildman–Crippen MR) is 69.9 cm³/mol. The van der Waals surface area contributed by atoms with Crippen LogP contribution in [0.2, 0.25) is 5.15 Å². The molecular formula is C10H13ClN2O2S2. The molecule has 1 fully saturated rings. The van der Waals surface area contributed by atoms with E-state index in [0.717, 1.165) is 24.3 Å². The molecule has 94 valence electrons. The minimum absolute atomic E-state index is 0.0116. The highest BCUT2D eigenvalue weighted by Crippen LogP contribution is 2.21. The van der Waals surface area contributed by atoms with Gasteiger partial charge < -0.3 is 0 Å². The molecule has 0 bridgehead atoms. The highest BCUT2D eigenvalue weighted by Gasteiger charge is 2.24. The van der Waals surface area contributed by atoms with Gasteiger partial charge in [-0.15, -0.1) is 0 Å². The van der Waals surface area contributed by atoms with Crippen molar-refractivity contribution < 1.29 is 8.42 Å². The number of thioether (sulfide) groups is 1. The second-order valence-electron chi connectivity index (χ2n) is 3.80. The first-order valence-corrected chi connectivity index (χ1v) is 8.32. The average molecular weight is 293 g/mol. The number of hydrogen-bond donors (Lipinski definition) is 1. The summed E-state index contributed by atoms with van der Waals surface area (Å²) < 4.78 is 26.8. The largest absolute Gasteiger partial charge is 0.243 e. The van der Waals surface area contributed by atoms with Crippen LogP contribution < -0.4 is 4.72 Å². The van der Waals surface area contributed by atoms with Crippen LogP contribution in [0.3, 0.4) is 0 Å². The third-order valence-electron chi connectivity index (χ3n) is 2.56. The molecule has 1 saturated heterocycles. The van der Waals surface area contributed by atoms with E-state index >= 15 is 0 Å². The maximum absolute atomic E-state index is 12.1. The van der Waals surface area contributed by atoms with Gasteiger partial charge in [-0.2, -0.15) is 11.8 Å². The highest BCUT2D eigenvalue weighted by atomic mass is 35.5. The SMILES string of the molecule is O=S(=O)(NC1CCSCC1)c1cccnc1Cl. The molecule has 0 spiro atoms. The van der Waals surface area contributed by atoms with Crippen LogP contribution in [0.25, 0.3) is 0 Å². The predicted octanol–water partition coefficient (Wildman–Crippen LogP) is 1.91. The first kappa shape index (κ1) is 13.1. The Labute approximate surface area is 110 Å². The molecule has 0 aromatic carbocycles. The van der Waals surface area contributed by atoms with Crippen LogP contribution in [0.1, 0.15) is 12.8 Å². The molecule has 1 aliphatic heterocycles. The average Bonchev–Trinajstić information content (AvgIpc) is 2.30. The fraction of sp³-hybridized carbons (Fsp3) is 0.500. The zero-order valence-electron chi connectivity index (χ0n) is 9.10. The molecule has 2 heterocycles. The van der Waals surface area contributed by atoms with E-state index in [4.69, 9.17) is 11.6 Å². The molecule has 0 saturated carbocycles. The van der Waals surface area contributed by atoms with E-state index < -0.39 is 10.0 Å². The summed E-state index contributed by atoms with van der Waals surface area (Å²) in [5, 5.41) is 0.0187. The molecule has 0 radical (unpaired) electrons. The van der Waals surface area contributed by atoms with Gasteiger partial charge in [-0.05, 0) is 36.5 Å². The summed E-state index contributed by atoms with van der Waals surface area (Å²) in [5.41, 5.74) is 0. The van der Waals surface area contributed by atoms with Crippen LogP contribution in [0, 0.1) is 0 Å². The van der Waals surface area contributed by atoms with E-state index in [1.807, 2.05) is 11.8 Å². The lowest BCUT2D eigenvalue weighted by molar-refractivity contribution is 0.528. The second-order valence-corrected chi connectivity index (χ2v) is 7.07. The molecule has 0 amide bonds. The first-order chi connectivity index (χ1) is 8.09. The fourth-order valence-corrected chi connectivity index (χ4v) is 4.53. The van der Waals surface area contributed by atoms with Crippen molar-refractivity contribution in [3.05, 3.63) is 23.5 Å². The van der Waals surface area contributed by atoms with Gasteiger partial charge in [0.15, 0.2) is 0 Å². The minimum atomic E-state index is -3.54. The molecule has 1 aromatic heterocycles. The number of sulfonamides is 1. The number of aromatic nitrogens is 1. The molecule has 4 nitrogen and oxygen atoms in total.